The lowest BCUT2D eigenvalue weighted by Crippen LogP contribution is -2.39. The molecule has 0 saturated carbocycles. The lowest BCUT2D eigenvalue weighted by atomic mass is 9.96. The molecule has 6 heteroatoms. The molecule has 1 fully saturated rings. The van der Waals surface area contributed by atoms with Crippen LogP contribution in [0.5, 0.6) is 0 Å². The molecule has 0 aromatic carbocycles. The zero-order valence-electron chi connectivity index (χ0n) is 10.8. The van der Waals surface area contributed by atoms with Gasteiger partial charge in [-0.15, -0.1) is 0 Å². The van der Waals surface area contributed by atoms with Gasteiger partial charge in [0.25, 0.3) is 6.43 Å². The van der Waals surface area contributed by atoms with Crippen LogP contribution in [0.1, 0.15) is 24.8 Å². The maximum Gasteiger partial charge on any atom is 0.264 e. The highest BCUT2D eigenvalue weighted by Gasteiger charge is 2.25. The minimum atomic E-state index is -2.48. The molecule has 2 rings (SSSR count). The number of aromatic nitrogens is 1. The van der Waals surface area contributed by atoms with Crippen molar-refractivity contribution in [3.8, 4) is 0 Å². The van der Waals surface area contributed by atoms with E-state index in [2.05, 4.69) is 10.3 Å². The first kappa shape index (κ1) is 13.7. The van der Waals surface area contributed by atoms with E-state index in [1.54, 1.807) is 7.05 Å². The molecule has 0 spiro atoms. The molecule has 4 nitrogen and oxygen atoms in total. The Morgan fingerprint density at radius 1 is 1.47 bits per heavy atom. The number of halogens is 2. The molecular weight excluding hydrogens is 252 g/mol. The predicted molar refractivity (Wildman–Crippen MR) is 68.2 cm³/mol. The van der Waals surface area contributed by atoms with Gasteiger partial charge >= 0.3 is 0 Å². The second-order valence-electron chi connectivity index (χ2n) is 4.62. The SMILES string of the molecule is CNC(=O)C1CCN(c2cc(C(F)F)ccn2)CC1. The van der Waals surface area contributed by atoms with Gasteiger partial charge in [-0.1, -0.05) is 0 Å². The Morgan fingerprint density at radius 2 is 2.16 bits per heavy atom. The molecular formula is C13H17F2N3O. The Morgan fingerprint density at radius 3 is 2.74 bits per heavy atom. The minimum Gasteiger partial charge on any atom is -0.359 e. The van der Waals surface area contributed by atoms with Crippen molar-refractivity contribution >= 4 is 11.7 Å². The Balaban J connectivity index is 2.01. The lowest BCUT2D eigenvalue weighted by Gasteiger charge is -2.32. The number of anilines is 1. The minimum absolute atomic E-state index is 0.0135. The number of alkyl halides is 2. The van der Waals surface area contributed by atoms with E-state index in [1.165, 1.54) is 18.3 Å². The van der Waals surface area contributed by atoms with Crippen molar-refractivity contribution in [2.75, 3.05) is 25.0 Å². The van der Waals surface area contributed by atoms with E-state index in [9.17, 15) is 13.6 Å². The van der Waals surface area contributed by atoms with Crippen LogP contribution < -0.4 is 10.2 Å². The summed E-state index contributed by atoms with van der Waals surface area (Å²) in [5.74, 6) is 0.627. The summed E-state index contributed by atoms with van der Waals surface area (Å²) in [5, 5.41) is 2.64. The second kappa shape index (κ2) is 5.95. The number of carbonyl (C=O) groups is 1. The summed E-state index contributed by atoms with van der Waals surface area (Å²) in [6.07, 6.45) is 0.368. The van der Waals surface area contributed by atoms with Crippen molar-refractivity contribution in [2.24, 2.45) is 5.92 Å². The normalized spacial score (nSPS) is 16.7. The molecule has 1 aromatic rings. The van der Waals surface area contributed by atoms with Crippen molar-refractivity contribution in [3.63, 3.8) is 0 Å². The summed E-state index contributed by atoms with van der Waals surface area (Å²) in [7, 11) is 1.63. The van der Waals surface area contributed by atoms with E-state index in [0.29, 0.717) is 18.9 Å². The predicted octanol–water partition coefficient (Wildman–Crippen LogP) is 1.98. The molecule has 0 atom stereocenters. The Labute approximate surface area is 110 Å². The average Bonchev–Trinajstić information content (AvgIpc) is 2.46. The van der Waals surface area contributed by atoms with Crippen LogP contribution in [-0.4, -0.2) is 31.0 Å². The zero-order valence-corrected chi connectivity index (χ0v) is 10.8. The first-order chi connectivity index (χ1) is 9.11. The van der Waals surface area contributed by atoms with Gasteiger partial charge in [-0.25, -0.2) is 13.8 Å². The van der Waals surface area contributed by atoms with E-state index < -0.39 is 6.43 Å². The maximum absolute atomic E-state index is 12.6. The van der Waals surface area contributed by atoms with E-state index >= 15 is 0 Å². The van der Waals surface area contributed by atoms with Crippen molar-refractivity contribution in [3.05, 3.63) is 23.9 Å². The van der Waals surface area contributed by atoms with Crippen LogP contribution in [0.15, 0.2) is 18.3 Å². The van der Waals surface area contributed by atoms with Crippen LogP contribution in [0.2, 0.25) is 0 Å². The van der Waals surface area contributed by atoms with Crippen molar-refractivity contribution in [1.29, 1.82) is 0 Å². The summed E-state index contributed by atoms with van der Waals surface area (Å²) >= 11 is 0. The lowest BCUT2D eigenvalue weighted by molar-refractivity contribution is -0.125. The van der Waals surface area contributed by atoms with Gasteiger partial charge in [0.1, 0.15) is 5.82 Å². The van der Waals surface area contributed by atoms with E-state index in [4.69, 9.17) is 0 Å². The fraction of sp³-hybridized carbons (Fsp3) is 0.538. The number of nitrogens with one attached hydrogen (secondary N) is 1. The van der Waals surface area contributed by atoms with Gasteiger partial charge < -0.3 is 10.2 Å². The molecule has 1 saturated heterocycles. The smallest absolute Gasteiger partial charge is 0.264 e. The largest absolute Gasteiger partial charge is 0.359 e. The van der Waals surface area contributed by atoms with Gasteiger partial charge in [0.05, 0.1) is 0 Å². The zero-order chi connectivity index (χ0) is 13.8. The van der Waals surface area contributed by atoms with E-state index in [1.807, 2.05) is 4.90 Å². The average molecular weight is 269 g/mol. The number of rotatable bonds is 3. The molecule has 1 aliphatic heterocycles. The number of carbonyl (C=O) groups excluding carboxylic acids is 1. The number of hydrogen-bond donors (Lipinski definition) is 1. The molecule has 1 amide bonds. The molecule has 1 N–H and O–H groups in total. The van der Waals surface area contributed by atoms with Gasteiger partial charge in [-0.2, -0.15) is 0 Å². The summed E-state index contributed by atoms with van der Waals surface area (Å²) in [4.78, 5) is 17.6. The molecule has 104 valence electrons. The summed E-state index contributed by atoms with van der Waals surface area (Å²) in [5.41, 5.74) is -0.0153. The number of amides is 1. The summed E-state index contributed by atoms with van der Waals surface area (Å²) in [6, 6.07) is 2.75. The summed E-state index contributed by atoms with van der Waals surface area (Å²) in [6.45, 7) is 1.33. The highest BCUT2D eigenvalue weighted by atomic mass is 19.3. The molecule has 1 aliphatic rings. The van der Waals surface area contributed by atoms with Crippen LogP contribution >= 0.6 is 0 Å². The van der Waals surface area contributed by atoms with Crippen LogP contribution in [-0.2, 0) is 4.79 Å². The van der Waals surface area contributed by atoms with Gasteiger partial charge in [-0.05, 0) is 25.0 Å². The number of piperidine rings is 1. The highest BCUT2D eigenvalue weighted by Crippen LogP contribution is 2.25. The van der Waals surface area contributed by atoms with Gasteiger partial charge in [0, 0.05) is 37.8 Å². The quantitative estimate of drug-likeness (QED) is 0.912. The van der Waals surface area contributed by atoms with Crippen molar-refractivity contribution in [2.45, 2.75) is 19.3 Å². The van der Waals surface area contributed by atoms with E-state index in [-0.39, 0.29) is 17.4 Å². The van der Waals surface area contributed by atoms with Crippen LogP contribution in [0.25, 0.3) is 0 Å². The van der Waals surface area contributed by atoms with Crippen molar-refractivity contribution in [1.82, 2.24) is 10.3 Å². The molecule has 0 aliphatic carbocycles. The first-order valence-corrected chi connectivity index (χ1v) is 6.32. The summed E-state index contributed by atoms with van der Waals surface area (Å²) < 4.78 is 25.3. The first-order valence-electron chi connectivity index (χ1n) is 6.32. The van der Waals surface area contributed by atoms with Crippen LogP contribution in [0.3, 0.4) is 0 Å². The fourth-order valence-electron chi connectivity index (χ4n) is 2.32. The maximum atomic E-state index is 12.6. The third-order valence-corrected chi connectivity index (χ3v) is 3.46. The molecule has 2 heterocycles. The number of hydrogen-bond acceptors (Lipinski definition) is 3. The monoisotopic (exact) mass is 269 g/mol. The van der Waals surface area contributed by atoms with Gasteiger partial charge in [0.2, 0.25) is 5.91 Å². The van der Waals surface area contributed by atoms with E-state index in [0.717, 1.165) is 12.8 Å². The molecule has 0 unspecified atom stereocenters. The molecule has 1 aromatic heterocycles. The van der Waals surface area contributed by atoms with Crippen LogP contribution in [0, 0.1) is 5.92 Å². The Hall–Kier alpha value is -1.72. The Bertz CT molecular complexity index is 445. The number of nitrogens with zero attached hydrogens (tertiary/aromatic N) is 2. The molecule has 0 bridgehead atoms. The topological polar surface area (TPSA) is 45.2 Å². The Kier molecular flexibility index (Phi) is 4.29. The molecule has 19 heavy (non-hydrogen) atoms. The number of pyridine rings is 1. The van der Waals surface area contributed by atoms with Crippen LogP contribution in [0.4, 0.5) is 14.6 Å². The third kappa shape index (κ3) is 3.19. The fourth-order valence-corrected chi connectivity index (χ4v) is 2.32. The molecule has 0 radical (unpaired) electrons. The third-order valence-electron chi connectivity index (χ3n) is 3.46. The standard InChI is InChI=1S/C13H17F2N3O/c1-16-13(19)9-3-6-18(7-4-9)11-8-10(12(14)15)2-5-17-11/h2,5,8-9,12H,3-4,6-7H2,1H3,(H,16,19). The van der Waals surface area contributed by atoms with Gasteiger partial charge in [0.15, 0.2) is 0 Å². The van der Waals surface area contributed by atoms with Gasteiger partial charge in [-0.3, -0.25) is 4.79 Å². The van der Waals surface area contributed by atoms with Crippen molar-refractivity contribution < 1.29 is 13.6 Å². The second-order valence-corrected chi connectivity index (χ2v) is 4.62. The highest BCUT2D eigenvalue weighted by molar-refractivity contribution is 5.78.